The maximum Gasteiger partial charge on any atom is 0.261 e. The van der Waals surface area contributed by atoms with Crippen molar-refractivity contribution in [2.75, 3.05) is 32.9 Å². The van der Waals surface area contributed by atoms with Gasteiger partial charge >= 0.3 is 0 Å². The van der Waals surface area contributed by atoms with Crippen molar-refractivity contribution in [2.24, 2.45) is 5.92 Å². The van der Waals surface area contributed by atoms with Crippen LogP contribution < -0.4 is 0 Å². The Balaban J connectivity index is 0.000000196. The lowest BCUT2D eigenvalue weighted by Gasteiger charge is -2.40. The van der Waals surface area contributed by atoms with E-state index in [-0.39, 0.29) is 18.5 Å². The van der Waals surface area contributed by atoms with Crippen LogP contribution in [-0.2, 0) is 20.5 Å². The van der Waals surface area contributed by atoms with Crippen LogP contribution in [0.4, 0.5) is 0 Å². The van der Waals surface area contributed by atoms with Gasteiger partial charge in [0.15, 0.2) is 0 Å². The van der Waals surface area contributed by atoms with Gasteiger partial charge in [-0.15, -0.1) is 12.4 Å². The number of hydrogen-bond donors (Lipinski definition) is 2. The zero-order valence-corrected chi connectivity index (χ0v) is 31.6. The standard InChI is InChI=1S/C21H25NO.C19H29NO.CH4O3S.ClH/c1-22-18-12-13-19(22)15-20(14-18)23-21(16-8-4-2-5-9-16)17-10-6-3-7-11-17;21-19(17-9-3-1-4-10-17,18-11-5-2-6-12-18)13-16-20-14-7-8-15-20;1-5(2,3)4;/h2-11,18-21H,12-15H2,1H3;1,3-4,9-10,18,21H,2,5-8,11-16H2;1H3,(H,2,3,4);1H/t18-,19+,20?;;;. The van der Waals surface area contributed by atoms with Gasteiger partial charge in [0, 0.05) is 18.6 Å². The molecule has 1 saturated carbocycles. The third-order valence-corrected chi connectivity index (χ3v) is 11.2. The van der Waals surface area contributed by atoms with E-state index >= 15 is 0 Å². The van der Waals surface area contributed by atoms with Crippen LogP contribution in [0.15, 0.2) is 91.0 Å². The number of halogens is 1. The average Bonchev–Trinajstić information content (AvgIpc) is 3.70. The summed E-state index contributed by atoms with van der Waals surface area (Å²) in [5, 5.41) is 11.5. The predicted molar refractivity (Wildman–Crippen MR) is 205 cm³/mol. The molecule has 3 aliphatic heterocycles. The molecule has 0 aromatic heterocycles. The maximum absolute atomic E-state index is 11.5. The molecule has 4 fully saturated rings. The molecule has 0 amide bonds. The second-order valence-corrected chi connectivity index (χ2v) is 16.1. The van der Waals surface area contributed by atoms with Crippen molar-refractivity contribution < 1.29 is 22.8 Å². The van der Waals surface area contributed by atoms with Gasteiger partial charge < -0.3 is 19.6 Å². The topological polar surface area (TPSA) is 90.3 Å². The van der Waals surface area contributed by atoms with Gasteiger partial charge in [-0.2, -0.15) is 8.42 Å². The number of ether oxygens (including phenoxy) is 1. The van der Waals surface area contributed by atoms with Crippen molar-refractivity contribution in [1.82, 2.24) is 9.80 Å². The number of piperidine rings is 1. The predicted octanol–water partition coefficient (Wildman–Crippen LogP) is 8.28. The van der Waals surface area contributed by atoms with Crippen LogP contribution in [0.2, 0.25) is 0 Å². The Morgan fingerprint density at radius 1 is 0.760 bits per heavy atom. The van der Waals surface area contributed by atoms with Gasteiger partial charge in [-0.25, -0.2) is 0 Å². The molecule has 2 unspecified atom stereocenters. The van der Waals surface area contributed by atoms with Gasteiger partial charge in [0.05, 0.1) is 18.0 Å². The zero-order valence-electron chi connectivity index (χ0n) is 30.0. The summed E-state index contributed by atoms with van der Waals surface area (Å²) in [6.45, 7) is 3.48. The molecular formula is C41H59ClN2O5S. The minimum atomic E-state index is -3.67. The molecular weight excluding hydrogens is 668 g/mol. The summed E-state index contributed by atoms with van der Waals surface area (Å²) in [4.78, 5) is 5.09. The van der Waals surface area contributed by atoms with Crippen LogP contribution >= 0.6 is 12.4 Å². The van der Waals surface area contributed by atoms with Gasteiger partial charge in [-0.05, 0) is 101 Å². The summed E-state index contributed by atoms with van der Waals surface area (Å²) in [6, 6.07) is 33.1. The molecule has 3 heterocycles. The van der Waals surface area contributed by atoms with E-state index in [1.807, 2.05) is 6.07 Å². The molecule has 0 radical (unpaired) electrons. The lowest BCUT2D eigenvalue weighted by atomic mass is 9.71. The Kier molecular flexibility index (Phi) is 15.8. The summed E-state index contributed by atoms with van der Waals surface area (Å²) in [5.74, 6) is 0.441. The number of rotatable bonds is 9. The molecule has 3 aromatic rings. The highest BCUT2D eigenvalue weighted by molar-refractivity contribution is 7.85. The second kappa shape index (κ2) is 19.5. The molecule has 2 bridgehead atoms. The molecule has 4 atom stereocenters. The molecule has 7 rings (SSSR count). The molecule has 0 spiro atoms. The van der Waals surface area contributed by atoms with E-state index in [0.29, 0.717) is 30.4 Å². The third kappa shape index (κ3) is 11.9. The summed E-state index contributed by atoms with van der Waals surface area (Å²) in [5.41, 5.74) is 3.02. The highest BCUT2D eigenvalue weighted by Crippen LogP contribution is 2.42. The molecule has 7 nitrogen and oxygen atoms in total. The fourth-order valence-electron chi connectivity index (χ4n) is 8.50. The highest BCUT2D eigenvalue weighted by Gasteiger charge is 2.40. The molecule has 4 aliphatic rings. The van der Waals surface area contributed by atoms with Crippen LogP contribution in [0, 0.1) is 5.92 Å². The summed E-state index contributed by atoms with van der Waals surface area (Å²) >= 11 is 0. The lowest BCUT2D eigenvalue weighted by molar-refractivity contribution is -0.0510. The summed E-state index contributed by atoms with van der Waals surface area (Å²) < 4.78 is 32.5. The van der Waals surface area contributed by atoms with E-state index in [2.05, 4.69) is 102 Å². The van der Waals surface area contributed by atoms with E-state index in [1.54, 1.807) is 0 Å². The van der Waals surface area contributed by atoms with E-state index in [1.165, 1.54) is 94.8 Å². The molecule has 3 saturated heterocycles. The second-order valence-electron chi connectivity index (χ2n) is 14.6. The van der Waals surface area contributed by atoms with Gasteiger partial charge in [0.1, 0.15) is 6.10 Å². The van der Waals surface area contributed by atoms with E-state index in [4.69, 9.17) is 9.29 Å². The van der Waals surface area contributed by atoms with Crippen molar-refractivity contribution in [3.63, 3.8) is 0 Å². The monoisotopic (exact) mass is 726 g/mol. The Morgan fingerprint density at radius 2 is 1.22 bits per heavy atom. The van der Waals surface area contributed by atoms with E-state index in [0.717, 1.165) is 18.5 Å². The molecule has 2 N–H and O–H groups in total. The molecule has 1 aliphatic carbocycles. The SMILES string of the molecule is CN1[C@@H]2CC[C@H]1CC(OC(c1ccccc1)c1ccccc1)C2.CS(=O)(=O)O.Cl.OC(CCN1CCCC1)(c1ccccc1)C1CCCCC1. The van der Waals surface area contributed by atoms with Crippen LogP contribution in [0.3, 0.4) is 0 Å². The first-order chi connectivity index (χ1) is 23.6. The minimum Gasteiger partial charge on any atom is -0.385 e. The first-order valence-electron chi connectivity index (χ1n) is 18.5. The Bertz CT molecular complexity index is 1430. The molecule has 9 heteroatoms. The van der Waals surface area contributed by atoms with Crippen LogP contribution in [0.5, 0.6) is 0 Å². The molecule has 50 heavy (non-hydrogen) atoms. The van der Waals surface area contributed by atoms with Gasteiger partial charge in [-0.1, -0.05) is 110 Å². The Morgan fingerprint density at radius 3 is 1.70 bits per heavy atom. The van der Waals surface area contributed by atoms with Crippen molar-refractivity contribution >= 4 is 22.5 Å². The van der Waals surface area contributed by atoms with Crippen molar-refractivity contribution in [3.05, 3.63) is 108 Å². The number of aliphatic hydroxyl groups is 1. The minimum absolute atomic E-state index is 0. The smallest absolute Gasteiger partial charge is 0.261 e. The molecule has 276 valence electrons. The quantitative estimate of drug-likeness (QED) is 0.215. The van der Waals surface area contributed by atoms with Crippen LogP contribution in [0.25, 0.3) is 0 Å². The third-order valence-electron chi connectivity index (χ3n) is 11.2. The summed E-state index contributed by atoms with van der Waals surface area (Å²) in [6.07, 6.45) is 16.0. The van der Waals surface area contributed by atoms with Crippen molar-refractivity contribution in [1.29, 1.82) is 0 Å². The number of hydrogen-bond acceptors (Lipinski definition) is 6. The van der Waals surface area contributed by atoms with Crippen LogP contribution in [-0.4, -0.2) is 79.0 Å². The van der Waals surface area contributed by atoms with E-state index < -0.39 is 15.7 Å². The van der Waals surface area contributed by atoms with Crippen molar-refractivity contribution in [3.8, 4) is 0 Å². The van der Waals surface area contributed by atoms with Gasteiger partial charge in [-0.3, -0.25) is 4.55 Å². The first-order valence-corrected chi connectivity index (χ1v) is 20.3. The van der Waals surface area contributed by atoms with E-state index in [9.17, 15) is 13.5 Å². The number of nitrogens with zero attached hydrogens (tertiary/aromatic N) is 2. The summed E-state index contributed by atoms with van der Waals surface area (Å²) in [7, 11) is -1.38. The lowest BCUT2D eigenvalue weighted by Crippen LogP contribution is -2.43. The maximum atomic E-state index is 11.5. The number of likely N-dealkylation sites (tertiary alicyclic amines) is 1. The van der Waals surface area contributed by atoms with Gasteiger partial charge in [0.25, 0.3) is 10.1 Å². The normalized spacial score (nSPS) is 23.9. The highest BCUT2D eigenvalue weighted by atomic mass is 35.5. The Hall–Kier alpha value is -2.30. The Labute approximate surface area is 307 Å². The number of fused-ring (bicyclic) bond motifs is 2. The zero-order chi connectivity index (χ0) is 34.7. The number of benzene rings is 3. The average molecular weight is 727 g/mol. The van der Waals surface area contributed by atoms with Gasteiger partial charge in [0.2, 0.25) is 0 Å². The first kappa shape index (κ1) is 40.5. The largest absolute Gasteiger partial charge is 0.385 e. The van der Waals surface area contributed by atoms with Crippen LogP contribution in [0.1, 0.15) is 99.8 Å². The fourth-order valence-corrected chi connectivity index (χ4v) is 8.50. The van der Waals surface area contributed by atoms with Crippen molar-refractivity contribution in [2.45, 2.75) is 107 Å². The fraction of sp³-hybridized carbons (Fsp3) is 0.561. The molecule has 3 aromatic carbocycles.